The highest BCUT2D eigenvalue weighted by Gasteiger charge is 2.33. The fourth-order valence-corrected chi connectivity index (χ4v) is 4.54. The maximum atomic E-state index is 5.40. The summed E-state index contributed by atoms with van der Waals surface area (Å²) in [5, 5.41) is 3.96. The molecule has 0 radical (unpaired) electrons. The Hall–Kier alpha value is -1.06. The maximum absolute atomic E-state index is 5.40. The fourth-order valence-electron chi connectivity index (χ4n) is 4.54. The molecule has 1 N–H and O–H groups in total. The molecule has 0 amide bonds. The highest BCUT2D eigenvalue weighted by molar-refractivity contribution is 5.40. The molecule has 1 aromatic rings. The molecule has 4 rings (SSSR count). The lowest BCUT2D eigenvalue weighted by Crippen LogP contribution is -2.46. The van der Waals surface area contributed by atoms with Crippen molar-refractivity contribution in [2.75, 3.05) is 20.2 Å². The molecule has 114 valence electrons. The standard InChI is InChI=1S/C18H26N2O/c1-21-16-6-4-13-5-7-18(17(13)12-16)19-14-8-10-20-9-2-3-15(20)11-14/h4,6,12,14-15,18-19H,2-3,5,7-11H2,1H3. The molecule has 2 fully saturated rings. The van der Waals surface area contributed by atoms with E-state index in [4.69, 9.17) is 4.74 Å². The molecule has 2 aliphatic heterocycles. The van der Waals surface area contributed by atoms with E-state index in [9.17, 15) is 0 Å². The van der Waals surface area contributed by atoms with Crippen LogP contribution < -0.4 is 10.1 Å². The second-order valence-electron chi connectivity index (χ2n) is 6.88. The molecule has 3 nitrogen and oxygen atoms in total. The van der Waals surface area contributed by atoms with E-state index in [0.717, 1.165) is 11.8 Å². The minimum atomic E-state index is 0.535. The van der Waals surface area contributed by atoms with E-state index in [1.54, 1.807) is 7.11 Å². The normalized spacial score (nSPS) is 32.0. The number of piperidine rings is 1. The molecule has 2 saturated heterocycles. The molecule has 21 heavy (non-hydrogen) atoms. The van der Waals surface area contributed by atoms with Gasteiger partial charge in [-0.15, -0.1) is 0 Å². The van der Waals surface area contributed by atoms with Crippen molar-refractivity contribution in [2.24, 2.45) is 0 Å². The molecule has 3 atom stereocenters. The SMILES string of the molecule is COc1ccc2c(c1)C(NC1CCN3CCCC3C1)CC2. The number of rotatable bonds is 3. The largest absolute Gasteiger partial charge is 0.497 e. The molecule has 0 spiro atoms. The van der Waals surface area contributed by atoms with Crippen molar-refractivity contribution < 1.29 is 4.74 Å². The molecule has 3 heteroatoms. The fraction of sp³-hybridized carbons (Fsp3) is 0.667. The summed E-state index contributed by atoms with van der Waals surface area (Å²) >= 11 is 0. The summed E-state index contributed by atoms with van der Waals surface area (Å²) in [6.07, 6.45) is 7.92. The lowest BCUT2D eigenvalue weighted by Gasteiger charge is -2.36. The van der Waals surface area contributed by atoms with Crippen LogP contribution in [-0.4, -0.2) is 37.2 Å². The predicted molar refractivity (Wildman–Crippen MR) is 84.8 cm³/mol. The Morgan fingerprint density at radius 3 is 3.05 bits per heavy atom. The average Bonchev–Trinajstić information content (AvgIpc) is 3.13. The Morgan fingerprint density at radius 2 is 2.14 bits per heavy atom. The molecule has 3 unspecified atom stereocenters. The number of aryl methyl sites for hydroxylation is 1. The Morgan fingerprint density at radius 1 is 1.19 bits per heavy atom. The van der Waals surface area contributed by atoms with Crippen LogP contribution in [0, 0.1) is 0 Å². The lowest BCUT2D eigenvalue weighted by molar-refractivity contribution is 0.161. The summed E-state index contributed by atoms with van der Waals surface area (Å²) in [7, 11) is 1.76. The van der Waals surface area contributed by atoms with Crippen LogP contribution in [0.25, 0.3) is 0 Å². The predicted octanol–water partition coefficient (Wildman–Crippen LogP) is 2.90. The van der Waals surface area contributed by atoms with Crippen LogP contribution >= 0.6 is 0 Å². The van der Waals surface area contributed by atoms with Crippen LogP contribution in [0.1, 0.15) is 49.3 Å². The van der Waals surface area contributed by atoms with Gasteiger partial charge in [0.25, 0.3) is 0 Å². The second-order valence-corrected chi connectivity index (χ2v) is 6.88. The number of benzene rings is 1. The zero-order chi connectivity index (χ0) is 14.2. The molecule has 0 saturated carbocycles. The van der Waals surface area contributed by atoms with E-state index >= 15 is 0 Å². The first kappa shape index (κ1) is 13.6. The van der Waals surface area contributed by atoms with Gasteiger partial charge < -0.3 is 15.0 Å². The molecule has 0 aromatic heterocycles. The molecular formula is C18H26N2O. The van der Waals surface area contributed by atoms with Gasteiger partial charge in [0.1, 0.15) is 5.75 Å². The van der Waals surface area contributed by atoms with Crippen LogP contribution in [0.4, 0.5) is 0 Å². The van der Waals surface area contributed by atoms with Crippen molar-refractivity contribution in [1.29, 1.82) is 0 Å². The van der Waals surface area contributed by atoms with E-state index in [0.29, 0.717) is 12.1 Å². The third-order valence-electron chi connectivity index (χ3n) is 5.69. The zero-order valence-electron chi connectivity index (χ0n) is 13.0. The van der Waals surface area contributed by atoms with Gasteiger partial charge in [0.05, 0.1) is 7.11 Å². The van der Waals surface area contributed by atoms with Gasteiger partial charge in [0, 0.05) is 18.1 Å². The van der Waals surface area contributed by atoms with Gasteiger partial charge in [0.2, 0.25) is 0 Å². The highest BCUT2D eigenvalue weighted by Crippen LogP contribution is 2.35. The van der Waals surface area contributed by atoms with Crippen LogP contribution in [-0.2, 0) is 6.42 Å². The molecule has 1 aromatic carbocycles. The monoisotopic (exact) mass is 286 g/mol. The molecule has 0 bridgehead atoms. The summed E-state index contributed by atoms with van der Waals surface area (Å²) in [6.45, 7) is 2.63. The van der Waals surface area contributed by atoms with Crippen LogP contribution in [0.2, 0.25) is 0 Å². The van der Waals surface area contributed by atoms with E-state index < -0.39 is 0 Å². The van der Waals surface area contributed by atoms with Gasteiger partial charge in [-0.2, -0.15) is 0 Å². The average molecular weight is 286 g/mol. The summed E-state index contributed by atoms with van der Waals surface area (Å²) < 4.78 is 5.40. The van der Waals surface area contributed by atoms with Gasteiger partial charge in [-0.05, 0) is 74.9 Å². The van der Waals surface area contributed by atoms with E-state index in [1.165, 1.54) is 62.7 Å². The Labute approximate surface area is 127 Å². The first-order valence-electron chi connectivity index (χ1n) is 8.50. The lowest BCUT2D eigenvalue weighted by atomic mass is 9.96. The number of ether oxygens (including phenoxy) is 1. The zero-order valence-corrected chi connectivity index (χ0v) is 13.0. The van der Waals surface area contributed by atoms with Crippen LogP contribution in [0.15, 0.2) is 18.2 Å². The molecular weight excluding hydrogens is 260 g/mol. The van der Waals surface area contributed by atoms with Gasteiger partial charge in [0.15, 0.2) is 0 Å². The summed E-state index contributed by atoms with van der Waals surface area (Å²) in [5.41, 5.74) is 2.98. The Balaban J connectivity index is 1.45. The number of nitrogens with zero attached hydrogens (tertiary/aromatic N) is 1. The van der Waals surface area contributed by atoms with Gasteiger partial charge >= 0.3 is 0 Å². The first-order chi connectivity index (χ1) is 10.3. The third-order valence-corrected chi connectivity index (χ3v) is 5.69. The molecule has 2 heterocycles. The third kappa shape index (κ3) is 2.58. The van der Waals surface area contributed by atoms with Crippen LogP contribution in [0.5, 0.6) is 5.75 Å². The van der Waals surface area contributed by atoms with Crippen molar-refractivity contribution in [2.45, 2.75) is 56.7 Å². The van der Waals surface area contributed by atoms with Crippen molar-refractivity contribution in [3.63, 3.8) is 0 Å². The number of nitrogens with one attached hydrogen (secondary N) is 1. The topological polar surface area (TPSA) is 24.5 Å². The van der Waals surface area contributed by atoms with E-state index in [-0.39, 0.29) is 0 Å². The summed E-state index contributed by atoms with van der Waals surface area (Å²) in [4.78, 5) is 2.70. The quantitative estimate of drug-likeness (QED) is 0.924. The van der Waals surface area contributed by atoms with Gasteiger partial charge in [-0.3, -0.25) is 0 Å². The summed E-state index contributed by atoms with van der Waals surface area (Å²) in [5.74, 6) is 0.994. The minimum absolute atomic E-state index is 0.535. The number of hydrogen-bond donors (Lipinski definition) is 1. The first-order valence-corrected chi connectivity index (χ1v) is 8.50. The number of hydrogen-bond acceptors (Lipinski definition) is 3. The Kier molecular flexibility index (Phi) is 3.64. The van der Waals surface area contributed by atoms with E-state index in [1.807, 2.05) is 0 Å². The number of fused-ring (bicyclic) bond motifs is 2. The summed E-state index contributed by atoms with van der Waals surface area (Å²) in [6, 6.07) is 8.67. The highest BCUT2D eigenvalue weighted by atomic mass is 16.5. The van der Waals surface area contributed by atoms with Crippen molar-refractivity contribution in [3.8, 4) is 5.75 Å². The van der Waals surface area contributed by atoms with Crippen molar-refractivity contribution in [1.82, 2.24) is 10.2 Å². The maximum Gasteiger partial charge on any atom is 0.119 e. The van der Waals surface area contributed by atoms with Crippen molar-refractivity contribution in [3.05, 3.63) is 29.3 Å². The van der Waals surface area contributed by atoms with E-state index in [2.05, 4.69) is 28.4 Å². The van der Waals surface area contributed by atoms with Crippen LogP contribution in [0.3, 0.4) is 0 Å². The van der Waals surface area contributed by atoms with Gasteiger partial charge in [-0.1, -0.05) is 6.07 Å². The Bertz CT molecular complexity index is 516. The van der Waals surface area contributed by atoms with Gasteiger partial charge in [-0.25, -0.2) is 0 Å². The molecule has 1 aliphatic carbocycles. The molecule has 3 aliphatic rings. The van der Waals surface area contributed by atoms with Crippen molar-refractivity contribution >= 4 is 0 Å². The second kappa shape index (κ2) is 5.62. The smallest absolute Gasteiger partial charge is 0.119 e. The number of methoxy groups -OCH3 is 1. The minimum Gasteiger partial charge on any atom is -0.497 e.